The molecular formula is C33H33ClFN7O3. The summed E-state index contributed by atoms with van der Waals surface area (Å²) in [4.78, 5) is 32.5. The minimum absolute atomic E-state index is 0.0223. The second kappa shape index (κ2) is 13.3. The summed E-state index contributed by atoms with van der Waals surface area (Å²) in [6.45, 7) is 5.84. The number of carbonyl (C=O) groups is 1. The van der Waals surface area contributed by atoms with Crippen LogP contribution in [0.2, 0.25) is 5.02 Å². The molecule has 2 unspecified atom stereocenters. The first-order valence-electron chi connectivity index (χ1n) is 15.0. The number of halogens is 2. The lowest BCUT2D eigenvalue weighted by molar-refractivity contribution is -0.131. The molecule has 1 amide bonds. The number of anilines is 1. The number of aromatic nitrogens is 3. The predicted octanol–water partition coefficient (Wildman–Crippen LogP) is 4.75. The molecule has 0 bridgehead atoms. The van der Waals surface area contributed by atoms with E-state index in [1.54, 1.807) is 0 Å². The van der Waals surface area contributed by atoms with E-state index in [1.807, 2.05) is 53.4 Å². The molecule has 0 spiro atoms. The Bertz CT molecular complexity index is 1790. The van der Waals surface area contributed by atoms with Crippen LogP contribution in [-0.4, -0.2) is 93.8 Å². The van der Waals surface area contributed by atoms with Gasteiger partial charge < -0.3 is 19.6 Å². The quantitative estimate of drug-likeness (QED) is 0.262. The number of benzene rings is 2. The summed E-state index contributed by atoms with van der Waals surface area (Å²) < 4.78 is 20.0. The van der Waals surface area contributed by atoms with Gasteiger partial charge in [-0.25, -0.2) is 9.37 Å². The highest BCUT2D eigenvalue weighted by Crippen LogP contribution is 2.35. The summed E-state index contributed by atoms with van der Waals surface area (Å²) in [5.41, 5.74) is 1.96. The van der Waals surface area contributed by atoms with Crippen LogP contribution in [-0.2, 0) is 4.79 Å². The van der Waals surface area contributed by atoms with Crippen LogP contribution in [0.15, 0.2) is 60.9 Å². The molecule has 2 aromatic carbocycles. The molecule has 2 atom stereocenters. The molecule has 0 aliphatic carbocycles. The normalized spacial score (nSPS) is 18.8. The van der Waals surface area contributed by atoms with Crippen molar-refractivity contribution in [1.82, 2.24) is 24.8 Å². The number of nitrogens with zero attached hydrogens (tertiary/aromatic N) is 7. The van der Waals surface area contributed by atoms with E-state index < -0.39 is 17.8 Å². The van der Waals surface area contributed by atoms with Gasteiger partial charge in [0.2, 0.25) is 0 Å². The number of nitriles is 1. The minimum Gasteiger partial charge on any atom is -0.462 e. The Morgan fingerprint density at radius 3 is 2.71 bits per heavy atom. The minimum atomic E-state index is -1.05. The molecule has 0 saturated carbocycles. The number of hydrogen-bond acceptors (Lipinski definition) is 9. The molecule has 10 nitrogen and oxygen atoms in total. The largest absolute Gasteiger partial charge is 0.462 e. The van der Waals surface area contributed by atoms with E-state index in [9.17, 15) is 19.6 Å². The fraction of sp³-hybridized carbons (Fsp3) is 0.364. The van der Waals surface area contributed by atoms with Crippen molar-refractivity contribution in [2.75, 3.05) is 50.8 Å². The molecule has 4 heterocycles. The van der Waals surface area contributed by atoms with Gasteiger partial charge in [-0.2, -0.15) is 15.2 Å². The number of ether oxygens (including phenoxy) is 1. The van der Waals surface area contributed by atoms with Crippen LogP contribution >= 0.6 is 11.6 Å². The molecule has 2 aliphatic rings. The topological polar surface area (TPSA) is 119 Å². The van der Waals surface area contributed by atoms with E-state index in [1.165, 1.54) is 4.90 Å². The average Bonchev–Trinajstić information content (AvgIpc) is 3.50. The van der Waals surface area contributed by atoms with Gasteiger partial charge in [-0.05, 0) is 43.0 Å². The number of carbonyl (C=O) groups excluding carboxylic acids is 1. The number of likely N-dealkylation sites (tertiary alicyclic amines) is 1. The number of aliphatic hydroxyl groups excluding tert-OH is 1. The van der Waals surface area contributed by atoms with E-state index >= 15 is 0 Å². The third-order valence-corrected chi connectivity index (χ3v) is 8.86. The fourth-order valence-electron chi connectivity index (χ4n) is 6.37. The number of aliphatic hydroxyl groups is 1. The Kier molecular flexibility index (Phi) is 9.07. The van der Waals surface area contributed by atoms with Gasteiger partial charge in [-0.1, -0.05) is 48.5 Å². The van der Waals surface area contributed by atoms with Crippen LogP contribution in [0.25, 0.3) is 33.1 Å². The number of fused-ring (bicyclic) bond motifs is 2. The molecule has 232 valence electrons. The van der Waals surface area contributed by atoms with Crippen LogP contribution < -0.4 is 9.64 Å². The molecule has 4 aromatic rings. The molecule has 0 radical (unpaired) electrons. The highest BCUT2D eigenvalue weighted by molar-refractivity contribution is 6.36. The summed E-state index contributed by atoms with van der Waals surface area (Å²) in [6.07, 6.45) is 1.98. The smallest absolute Gasteiger partial charge is 0.320 e. The number of piperazine rings is 1. The van der Waals surface area contributed by atoms with Gasteiger partial charge in [-0.15, -0.1) is 0 Å². The van der Waals surface area contributed by atoms with Crippen molar-refractivity contribution >= 4 is 45.1 Å². The summed E-state index contributed by atoms with van der Waals surface area (Å²) in [5, 5.41) is 22.1. The van der Waals surface area contributed by atoms with Crippen molar-refractivity contribution in [3.63, 3.8) is 0 Å². The van der Waals surface area contributed by atoms with Gasteiger partial charge in [0.05, 0.1) is 36.2 Å². The average molecular weight is 630 g/mol. The van der Waals surface area contributed by atoms with Crippen LogP contribution in [0.3, 0.4) is 0 Å². The lowest BCUT2D eigenvalue weighted by Gasteiger charge is -2.41. The highest BCUT2D eigenvalue weighted by Gasteiger charge is 2.33. The SMILES string of the molecule is C=C(F)C(=O)N1CCN(c2nc(OCC3CCCN3CCO)nc3nc(-c4cccc5cccc(Cl)c45)ccc23)CC1CC#N. The predicted molar refractivity (Wildman–Crippen MR) is 171 cm³/mol. The van der Waals surface area contributed by atoms with Crippen molar-refractivity contribution in [2.24, 2.45) is 0 Å². The standard InChI is InChI=1S/C33H33ClFN7O3/c1-21(35)32(44)42-16-15-41(19-23(42)12-13-36)31-26-10-11-28(25-8-2-5-22-6-3-9-27(34)29(22)25)37-30(26)38-33(39-31)45-20-24-7-4-14-40(24)17-18-43/h2-3,5-6,8-11,23-24,43H,1,4,7,12,14-20H2. The summed E-state index contributed by atoms with van der Waals surface area (Å²) in [6, 6.07) is 17.3. The van der Waals surface area contributed by atoms with Gasteiger partial charge in [0.25, 0.3) is 5.91 Å². The molecule has 45 heavy (non-hydrogen) atoms. The van der Waals surface area contributed by atoms with Crippen molar-refractivity contribution in [3.05, 3.63) is 66.0 Å². The van der Waals surface area contributed by atoms with Gasteiger partial charge in [0, 0.05) is 48.2 Å². The summed E-state index contributed by atoms with van der Waals surface area (Å²) in [7, 11) is 0. The Balaban J connectivity index is 1.40. The molecule has 2 aliphatic heterocycles. The second-order valence-electron chi connectivity index (χ2n) is 11.3. The zero-order valence-corrected chi connectivity index (χ0v) is 25.5. The third kappa shape index (κ3) is 6.27. The first kappa shape index (κ1) is 30.6. The molecule has 2 aromatic heterocycles. The van der Waals surface area contributed by atoms with E-state index in [4.69, 9.17) is 31.3 Å². The number of rotatable bonds is 9. The van der Waals surface area contributed by atoms with Gasteiger partial charge in [-0.3, -0.25) is 9.69 Å². The molecular weight excluding hydrogens is 597 g/mol. The van der Waals surface area contributed by atoms with Crippen LogP contribution in [0.1, 0.15) is 19.3 Å². The Morgan fingerprint density at radius 1 is 1.11 bits per heavy atom. The van der Waals surface area contributed by atoms with Crippen LogP contribution in [0.4, 0.5) is 10.2 Å². The number of amides is 1. The second-order valence-corrected chi connectivity index (χ2v) is 11.7. The third-order valence-electron chi connectivity index (χ3n) is 8.54. The van der Waals surface area contributed by atoms with Gasteiger partial charge in [0.1, 0.15) is 12.4 Å². The lowest BCUT2D eigenvalue weighted by atomic mass is 10.0. The molecule has 1 N–H and O–H groups in total. The van der Waals surface area contributed by atoms with Crippen molar-refractivity contribution in [1.29, 1.82) is 5.26 Å². The van der Waals surface area contributed by atoms with E-state index in [-0.39, 0.29) is 38.2 Å². The first-order valence-corrected chi connectivity index (χ1v) is 15.4. The van der Waals surface area contributed by atoms with E-state index in [0.29, 0.717) is 47.3 Å². The Labute approximate surface area is 265 Å². The van der Waals surface area contributed by atoms with Gasteiger partial charge >= 0.3 is 6.01 Å². The summed E-state index contributed by atoms with van der Waals surface area (Å²) in [5.74, 6) is -1.31. The zero-order chi connectivity index (χ0) is 31.5. The maximum atomic E-state index is 13.8. The van der Waals surface area contributed by atoms with Gasteiger partial charge in [0.15, 0.2) is 11.5 Å². The summed E-state index contributed by atoms with van der Waals surface area (Å²) >= 11 is 6.63. The van der Waals surface area contributed by atoms with Crippen molar-refractivity contribution < 1.29 is 19.0 Å². The van der Waals surface area contributed by atoms with Crippen molar-refractivity contribution in [3.8, 4) is 23.3 Å². The fourth-order valence-corrected chi connectivity index (χ4v) is 6.65. The number of β-amino-alcohol motifs (C(OH)–C–C–N with tert-alkyl or cyclic N) is 1. The maximum Gasteiger partial charge on any atom is 0.320 e. The molecule has 2 saturated heterocycles. The Morgan fingerprint density at radius 2 is 1.93 bits per heavy atom. The van der Waals surface area contributed by atoms with Crippen molar-refractivity contribution in [2.45, 2.75) is 31.3 Å². The number of pyridine rings is 1. The molecule has 6 rings (SSSR count). The number of hydrogen-bond donors (Lipinski definition) is 1. The maximum absolute atomic E-state index is 13.8. The zero-order valence-electron chi connectivity index (χ0n) is 24.7. The monoisotopic (exact) mass is 629 g/mol. The molecule has 12 heteroatoms. The van der Waals surface area contributed by atoms with E-state index in [2.05, 4.69) is 17.5 Å². The molecule has 2 fully saturated rings. The Hall–Kier alpha value is -4.37. The first-order chi connectivity index (χ1) is 21.9. The van der Waals surface area contributed by atoms with Crippen LogP contribution in [0.5, 0.6) is 6.01 Å². The highest BCUT2D eigenvalue weighted by atomic mass is 35.5. The van der Waals surface area contributed by atoms with E-state index in [0.717, 1.165) is 35.7 Å². The lowest BCUT2D eigenvalue weighted by Crippen LogP contribution is -2.55. The van der Waals surface area contributed by atoms with Crippen LogP contribution in [0, 0.1) is 11.3 Å².